The van der Waals surface area contributed by atoms with Gasteiger partial charge in [-0.15, -0.1) is 0 Å². The van der Waals surface area contributed by atoms with Crippen LogP contribution in [0.5, 0.6) is 0 Å². The van der Waals surface area contributed by atoms with E-state index in [1.54, 1.807) is 0 Å². The minimum absolute atomic E-state index is 0.0987. The van der Waals surface area contributed by atoms with Gasteiger partial charge in [0.15, 0.2) is 0 Å². The molecule has 1 aromatic rings. The van der Waals surface area contributed by atoms with Crippen LogP contribution in [0.3, 0.4) is 0 Å². The summed E-state index contributed by atoms with van der Waals surface area (Å²) in [6, 6.07) is 4.25. The molecule has 20 heavy (non-hydrogen) atoms. The summed E-state index contributed by atoms with van der Waals surface area (Å²) in [4.78, 5) is 22.9. The molecule has 0 aromatic heterocycles. The fourth-order valence-electron chi connectivity index (χ4n) is 2.22. The van der Waals surface area contributed by atoms with Gasteiger partial charge in [0.25, 0.3) is 0 Å². The first kappa shape index (κ1) is 14.6. The molecule has 1 aliphatic carbocycles. The number of nitrogens with one attached hydrogen (secondary N) is 1. The minimum Gasteiger partial charge on any atom is -0.478 e. The number of aromatic carboxylic acids is 1. The first-order valence-corrected chi connectivity index (χ1v) is 6.94. The van der Waals surface area contributed by atoms with Crippen molar-refractivity contribution in [2.75, 3.05) is 5.32 Å². The highest BCUT2D eigenvalue weighted by molar-refractivity contribution is 6.33. The zero-order valence-electron chi connectivity index (χ0n) is 11.0. The van der Waals surface area contributed by atoms with E-state index in [0.717, 1.165) is 24.8 Å². The van der Waals surface area contributed by atoms with Gasteiger partial charge in [-0.3, -0.25) is 4.79 Å². The molecule has 1 amide bonds. The van der Waals surface area contributed by atoms with Gasteiger partial charge in [-0.05, 0) is 43.9 Å². The largest absolute Gasteiger partial charge is 0.478 e. The summed E-state index contributed by atoms with van der Waals surface area (Å²) in [7, 11) is 0. The second kappa shape index (κ2) is 6.57. The Hall–Kier alpha value is -1.81. The number of hydrogen-bond acceptors (Lipinski definition) is 2. The molecule has 0 atom stereocenters. The average Bonchev–Trinajstić information content (AvgIpc) is 2.42. The zero-order valence-corrected chi connectivity index (χ0v) is 11.7. The molecule has 0 fully saturated rings. The molecule has 106 valence electrons. The van der Waals surface area contributed by atoms with Gasteiger partial charge >= 0.3 is 5.97 Å². The summed E-state index contributed by atoms with van der Waals surface area (Å²) in [5.41, 5.74) is 1.58. The number of amides is 1. The third-order valence-electron chi connectivity index (χ3n) is 3.26. The van der Waals surface area contributed by atoms with E-state index >= 15 is 0 Å². The first-order valence-electron chi connectivity index (χ1n) is 6.57. The molecule has 0 radical (unpaired) electrons. The maximum atomic E-state index is 12.0. The SMILES string of the molecule is O=C(CC1=CCCCC1)Nc1cc(C(=O)O)ccc1Cl. The van der Waals surface area contributed by atoms with E-state index in [1.165, 1.54) is 24.6 Å². The van der Waals surface area contributed by atoms with E-state index in [1.807, 2.05) is 0 Å². The van der Waals surface area contributed by atoms with Crippen LogP contribution in [0.4, 0.5) is 5.69 Å². The lowest BCUT2D eigenvalue weighted by atomic mass is 9.97. The number of rotatable bonds is 4. The van der Waals surface area contributed by atoms with Crippen molar-refractivity contribution in [1.82, 2.24) is 0 Å². The number of carboxylic acids is 1. The lowest BCUT2D eigenvalue weighted by Gasteiger charge is -2.13. The molecule has 0 bridgehead atoms. The summed E-state index contributed by atoms with van der Waals surface area (Å²) >= 11 is 5.97. The van der Waals surface area contributed by atoms with Crippen molar-refractivity contribution >= 4 is 29.2 Å². The predicted molar refractivity (Wildman–Crippen MR) is 78.2 cm³/mol. The zero-order chi connectivity index (χ0) is 14.5. The number of allylic oxidation sites excluding steroid dienone is 1. The topological polar surface area (TPSA) is 66.4 Å². The summed E-state index contributed by atoms with van der Waals surface area (Å²) in [5.74, 6) is -1.21. The van der Waals surface area contributed by atoms with Gasteiger partial charge in [0.2, 0.25) is 5.91 Å². The van der Waals surface area contributed by atoms with E-state index < -0.39 is 5.97 Å². The molecule has 0 saturated carbocycles. The monoisotopic (exact) mass is 293 g/mol. The van der Waals surface area contributed by atoms with Crippen LogP contribution in [-0.2, 0) is 4.79 Å². The molecule has 0 aliphatic heterocycles. The molecule has 1 aromatic carbocycles. The third-order valence-corrected chi connectivity index (χ3v) is 3.59. The van der Waals surface area contributed by atoms with Crippen LogP contribution in [0.15, 0.2) is 29.8 Å². The predicted octanol–water partition coefficient (Wildman–Crippen LogP) is 3.87. The van der Waals surface area contributed by atoms with Crippen molar-refractivity contribution in [1.29, 1.82) is 0 Å². The number of carbonyl (C=O) groups is 2. The molecule has 2 rings (SSSR count). The van der Waals surface area contributed by atoms with E-state index in [-0.39, 0.29) is 11.5 Å². The highest BCUT2D eigenvalue weighted by Crippen LogP contribution is 2.25. The van der Waals surface area contributed by atoms with Crippen LogP contribution in [0.2, 0.25) is 5.02 Å². The van der Waals surface area contributed by atoms with Gasteiger partial charge in [0, 0.05) is 6.42 Å². The van der Waals surface area contributed by atoms with E-state index in [0.29, 0.717) is 17.1 Å². The fraction of sp³-hybridized carbons (Fsp3) is 0.333. The van der Waals surface area contributed by atoms with Crippen molar-refractivity contribution in [3.8, 4) is 0 Å². The minimum atomic E-state index is -1.05. The maximum Gasteiger partial charge on any atom is 0.335 e. The Bertz CT molecular complexity index is 566. The number of carboxylic acid groups (broad SMARTS) is 1. The number of benzene rings is 1. The Balaban J connectivity index is 2.05. The summed E-state index contributed by atoms with van der Waals surface area (Å²) in [6.45, 7) is 0. The molecule has 1 aliphatic rings. The molecule has 5 heteroatoms. The molecule has 0 heterocycles. The summed E-state index contributed by atoms with van der Waals surface area (Å²) < 4.78 is 0. The number of carbonyl (C=O) groups excluding carboxylic acids is 1. The Morgan fingerprint density at radius 3 is 2.75 bits per heavy atom. The lowest BCUT2D eigenvalue weighted by Crippen LogP contribution is -2.14. The van der Waals surface area contributed by atoms with Gasteiger partial charge in [-0.25, -0.2) is 4.79 Å². The lowest BCUT2D eigenvalue weighted by molar-refractivity contribution is -0.115. The maximum absolute atomic E-state index is 12.0. The smallest absolute Gasteiger partial charge is 0.335 e. The van der Waals surface area contributed by atoms with Gasteiger partial charge in [0.05, 0.1) is 16.3 Å². The van der Waals surface area contributed by atoms with Crippen molar-refractivity contribution in [3.63, 3.8) is 0 Å². The molecular formula is C15H16ClNO3. The average molecular weight is 294 g/mol. The van der Waals surface area contributed by atoms with E-state index in [4.69, 9.17) is 16.7 Å². The van der Waals surface area contributed by atoms with Crippen LogP contribution in [0.1, 0.15) is 42.5 Å². The quantitative estimate of drug-likeness (QED) is 0.828. The number of anilines is 1. The number of hydrogen-bond donors (Lipinski definition) is 2. The van der Waals surface area contributed by atoms with Crippen molar-refractivity contribution in [2.45, 2.75) is 32.1 Å². The van der Waals surface area contributed by atoms with Gasteiger partial charge < -0.3 is 10.4 Å². The Kier molecular flexibility index (Phi) is 4.79. The highest BCUT2D eigenvalue weighted by atomic mass is 35.5. The van der Waals surface area contributed by atoms with E-state index in [2.05, 4.69) is 11.4 Å². The van der Waals surface area contributed by atoms with Crippen LogP contribution in [-0.4, -0.2) is 17.0 Å². The standard InChI is InChI=1S/C15H16ClNO3/c16-12-7-6-11(15(19)20)9-13(12)17-14(18)8-10-4-2-1-3-5-10/h4,6-7,9H,1-3,5,8H2,(H,17,18)(H,19,20). The van der Waals surface area contributed by atoms with Crippen LogP contribution < -0.4 is 5.32 Å². The second-order valence-corrected chi connectivity index (χ2v) is 5.24. The molecular weight excluding hydrogens is 278 g/mol. The van der Waals surface area contributed by atoms with Crippen LogP contribution >= 0.6 is 11.6 Å². The fourth-order valence-corrected chi connectivity index (χ4v) is 2.38. The second-order valence-electron chi connectivity index (χ2n) is 4.83. The molecule has 0 spiro atoms. The normalized spacial score (nSPS) is 14.6. The van der Waals surface area contributed by atoms with Gasteiger partial charge in [0.1, 0.15) is 0 Å². The third kappa shape index (κ3) is 3.84. The van der Waals surface area contributed by atoms with Gasteiger partial charge in [-0.1, -0.05) is 23.3 Å². The Morgan fingerprint density at radius 2 is 2.10 bits per heavy atom. The molecule has 2 N–H and O–H groups in total. The molecule has 0 unspecified atom stereocenters. The number of halogens is 1. The molecule has 4 nitrogen and oxygen atoms in total. The van der Waals surface area contributed by atoms with Crippen molar-refractivity contribution < 1.29 is 14.7 Å². The molecule has 0 saturated heterocycles. The van der Waals surface area contributed by atoms with Crippen molar-refractivity contribution in [3.05, 3.63) is 40.4 Å². The Morgan fingerprint density at radius 1 is 1.30 bits per heavy atom. The van der Waals surface area contributed by atoms with E-state index in [9.17, 15) is 9.59 Å². The van der Waals surface area contributed by atoms with Crippen LogP contribution in [0, 0.1) is 0 Å². The van der Waals surface area contributed by atoms with Gasteiger partial charge in [-0.2, -0.15) is 0 Å². The van der Waals surface area contributed by atoms with Crippen molar-refractivity contribution in [2.24, 2.45) is 0 Å². The summed E-state index contributed by atoms with van der Waals surface area (Å²) in [6.07, 6.45) is 6.73. The Labute approximate surface area is 122 Å². The highest BCUT2D eigenvalue weighted by Gasteiger charge is 2.12. The summed E-state index contributed by atoms with van der Waals surface area (Å²) in [5, 5.41) is 11.9. The first-order chi connectivity index (χ1) is 9.56. The van der Waals surface area contributed by atoms with Crippen LogP contribution in [0.25, 0.3) is 0 Å².